The molecule has 0 saturated carbocycles. The smallest absolute Gasteiger partial charge is 0.387 e. The van der Waals surface area contributed by atoms with E-state index in [1.165, 1.54) is 6.07 Å². The minimum Gasteiger partial charge on any atom is -0.434 e. The maximum atomic E-state index is 13.3. The van der Waals surface area contributed by atoms with Crippen molar-refractivity contribution >= 4 is 11.6 Å². The number of halogens is 2. The number of amides is 1. The molecule has 1 N–H and O–H groups in total. The van der Waals surface area contributed by atoms with Crippen LogP contribution in [0.15, 0.2) is 42.9 Å². The van der Waals surface area contributed by atoms with E-state index in [9.17, 15) is 18.7 Å². The van der Waals surface area contributed by atoms with E-state index in [2.05, 4.69) is 9.97 Å². The summed E-state index contributed by atoms with van der Waals surface area (Å²) in [4.78, 5) is 30.5. The fourth-order valence-electron chi connectivity index (χ4n) is 6.07. The van der Waals surface area contributed by atoms with E-state index in [-0.39, 0.29) is 17.7 Å². The molecule has 1 fully saturated rings. The summed E-state index contributed by atoms with van der Waals surface area (Å²) in [5.74, 6) is -0.318. The van der Waals surface area contributed by atoms with Gasteiger partial charge >= 0.3 is 6.61 Å². The summed E-state index contributed by atoms with van der Waals surface area (Å²) in [6.07, 6.45) is 5.53. The Morgan fingerprint density at radius 1 is 1.13 bits per heavy atom. The minimum atomic E-state index is -3.02. The molecule has 2 atom stereocenters. The number of benzene rings is 1. The summed E-state index contributed by atoms with van der Waals surface area (Å²) in [5.41, 5.74) is 3.02. The summed E-state index contributed by atoms with van der Waals surface area (Å²) in [6, 6.07) is 6.12. The third-order valence-corrected chi connectivity index (χ3v) is 7.75. The molecule has 0 radical (unpaired) electrons. The number of aromatic nitrogens is 5. The van der Waals surface area contributed by atoms with Crippen LogP contribution in [0.1, 0.15) is 51.4 Å². The van der Waals surface area contributed by atoms with Crippen LogP contribution in [-0.2, 0) is 5.60 Å². The molecule has 194 valence electrons. The molecular weight excluding hydrogens is 496 g/mol. The summed E-state index contributed by atoms with van der Waals surface area (Å²) >= 11 is 0. The average molecular weight is 520 g/mol. The second kappa shape index (κ2) is 7.98. The molecule has 12 heteroatoms. The van der Waals surface area contributed by atoms with Crippen molar-refractivity contribution in [2.45, 2.75) is 30.6 Å². The molecule has 0 spiro atoms. The fraction of sp³-hybridized carbons (Fsp3) is 0.346. The first-order valence-corrected chi connectivity index (χ1v) is 12.2. The van der Waals surface area contributed by atoms with Crippen molar-refractivity contribution in [3.63, 3.8) is 0 Å². The number of carbonyl (C=O) groups excluding carboxylic acids is 1. The Labute approximate surface area is 215 Å². The molecule has 7 rings (SSSR count). The van der Waals surface area contributed by atoms with Crippen LogP contribution >= 0.6 is 0 Å². The van der Waals surface area contributed by atoms with Crippen LogP contribution in [0, 0.1) is 0 Å². The molecule has 1 aromatic carbocycles. The van der Waals surface area contributed by atoms with Crippen LogP contribution in [0.2, 0.25) is 0 Å². The van der Waals surface area contributed by atoms with E-state index in [1.807, 2.05) is 11.9 Å². The molecule has 5 heterocycles. The zero-order valence-corrected chi connectivity index (χ0v) is 20.5. The number of carbonyl (C=O) groups is 1. The fourth-order valence-corrected chi connectivity index (χ4v) is 6.07. The topological polar surface area (TPSA) is 109 Å². The van der Waals surface area contributed by atoms with Crippen molar-refractivity contribution in [1.82, 2.24) is 34.4 Å². The Balaban J connectivity index is 1.34. The molecule has 10 nitrogen and oxygen atoms in total. The quantitative estimate of drug-likeness (QED) is 0.438. The van der Waals surface area contributed by atoms with Gasteiger partial charge in [-0.25, -0.2) is 19.5 Å². The average Bonchev–Trinajstić information content (AvgIpc) is 3.40. The van der Waals surface area contributed by atoms with Crippen LogP contribution in [-0.4, -0.2) is 79.2 Å². The monoisotopic (exact) mass is 519 g/mol. The highest BCUT2D eigenvalue weighted by Gasteiger charge is 2.46. The van der Waals surface area contributed by atoms with Crippen molar-refractivity contribution in [3.05, 3.63) is 71.1 Å². The van der Waals surface area contributed by atoms with Crippen molar-refractivity contribution in [3.8, 4) is 17.0 Å². The molecule has 3 aromatic heterocycles. The van der Waals surface area contributed by atoms with Crippen LogP contribution in [0.25, 0.3) is 16.9 Å². The number of fused-ring (bicyclic) bond motifs is 9. The number of likely N-dealkylation sites (N-methyl/N-ethyl adjacent to an activating group) is 1. The SMILES string of the molecule is CN1CC(O)(c2ncc(-c3ccn4nc5c(c4n3)C3CC5N(C)C(=O)c4cccc(OC(F)F)c43)cn2)C1. The van der Waals surface area contributed by atoms with Crippen molar-refractivity contribution in [1.29, 1.82) is 0 Å². The Morgan fingerprint density at radius 3 is 2.61 bits per heavy atom. The normalized spacial score (nSPS) is 21.8. The number of alkyl halides is 2. The van der Waals surface area contributed by atoms with Gasteiger partial charge in [-0.2, -0.15) is 13.9 Å². The molecule has 2 unspecified atom stereocenters. The lowest BCUT2D eigenvalue weighted by Crippen LogP contribution is -2.58. The summed E-state index contributed by atoms with van der Waals surface area (Å²) < 4.78 is 33.1. The molecular formula is C26H23F2N7O3. The van der Waals surface area contributed by atoms with Gasteiger partial charge in [0, 0.05) is 66.9 Å². The molecule has 3 aliphatic rings. The Morgan fingerprint density at radius 2 is 1.89 bits per heavy atom. The van der Waals surface area contributed by atoms with Gasteiger partial charge < -0.3 is 14.7 Å². The molecule has 1 amide bonds. The number of aliphatic hydroxyl groups is 1. The first-order valence-electron chi connectivity index (χ1n) is 12.2. The van der Waals surface area contributed by atoms with Crippen molar-refractivity contribution < 1.29 is 23.4 Å². The highest BCUT2D eigenvalue weighted by Crippen LogP contribution is 2.53. The van der Waals surface area contributed by atoms with Gasteiger partial charge in [-0.1, -0.05) is 6.07 Å². The zero-order valence-electron chi connectivity index (χ0n) is 20.5. The highest BCUT2D eigenvalue weighted by atomic mass is 19.3. The summed E-state index contributed by atoms with van der Waals surface area (Å²) in [7, 11) is 3.61. The minimum absolute atomic E-state index is 0.0168. The third kappa shape index (κ3) is 3.26. The van der Waals surface area contributed by atoms with E-state index >= 15 is 0 Å². The van der Waals surface area contributed by atoms with E-state index < -0.39 is 18.1 Å². The lowest BCUT2D eigenvalue weighted by atomic mass is 9.89. The van der Waals surface area contributed by atoms with Gasteiger partial charge in [-0.05, 0) is 31.7 Å². The molecule has 2 bridgehead atoms. The van der Waals surface area contributed by atoms with Gasteiger partial charge in [-0.15, -0.1) is 0 Å². The first kappa shape index (κ1) is 23.1. The number of nitrogens with zero attached hydrogens (tertiary/aromatic N) is 7. The molecule has 4 aromatic rings. The van der Waals surface area contributed by atoms with Gasteiger partial charge in [0.2, 0.25) is 0 Å². The third-order valence-electron chi connectivity index (χ3n) is 7.75. The van der Waals surface area contributed by atoms with Gasteiger partial charge in [0.25, 0.3) is 5.91 Å². The molecule has 2 aliphatic heterocycles. The summed E-state index contributed by atoms with van der Waals surface area (Å²) in [6.45, 7) is -2.09. The van der Waals surface area contributed by atoms with Crippen LogP contribution in [0.4, 0.5) is 8.78 Å². The van der Waals surface area contributed by atoms with E-state index in [1.54, 1.807) is 53.3 Å². The van der Waals surface area contributed by atoms with Crippen LogP contribution in [0.3, 0.4) is 0 Å². The van der Waals surface area contributed by atoms with E-state index in [0.717, 1.165) is 5.56 Å². The van der Waals surface area contributed by atoms with Gasteiger partial charge in [0.15, 0.2) is 11.5 Å². The van der Waals surface area contributed by atoms with Crippen LogP contribution in [0.5, 0.6) is 5.75 Å². The molecule has 1 aliphatic carbocycles. The Hall–Kier alpha value is -4.03. The maximum Gasteiger partial charge on any atom is 0.387 e. The lowest BCUT2D eigenvalue weighted by Gasteiger charge is -2.42. The Kier molecular flexibility index (Phi) is 4.86. The lowest BCUT2D eigenvalue weighted by molar-refractivity contribution is -0.0981. The first-order chi connectivity index (χ1) is 18.2. The van der Waals surface area contributed by atoms with Gasteiger partial charge in [0.1, 0.15) is 11.4 Å². The van der Waals surface area contributed by atoms with E-state index in [0.29, 0.717) is 59.1 Å². The number of β-amino-alcohol motifs (C(OH)–C–C–N with tert-alkyl or cyclic N) is 1. The second-order valence-corrected chi connectivity index (χ2v) is 10.2. The number of ether oxygens (including phenoxy) is 1. The predicted molar refractivity (Wildman–Crippen MR) is 130 cm³/mol. The highest BCUT2D eigenvalue weighted by molar-refractivity contribution is 5.98. The number of hydrogen-bond acceptors (Lipinski definition) is 8. The number of hydrogen-bond donors (Lipinski definition) is 1. The molecule has 1 saturated heterocycles. The number of likely N-dealkylation sites (tertiary alicyclic amines) is 1. The standard InChI is InChI=1S/C26H23F2N7O3/c1-33-11-26(37,12-33)24-29-9-13(10-30-24)16-6-7-35-22(31-16)20-15-8-17(21(20)32-35)34(2)23(36)14-4-3-5-18(19(14)15)38-25(27)28/h3-7,9-10,15,17,25,37H,8,11-12H2,1-2H3. The maximum absolute atomic E-state index is 13.3. The van der Waals surface area contributed by atoms with Crippen molar-refractivity contribution in [2.24, 2.45) is 0 Å². The van der Waals surface area contributed by atoms with Crippen LogP contribution < -0.4 is 4.74 Å². The van der Waals surface area contributed by atoms with Gasteiger partial charge in [0.05, 0.1) is 17.4 Å². The largest absolute Gasteiger partial charge is 0.434 e. The second-order valence-electron chi connectivity index (χ2n) is 10.2. The summed E-state index contributed by atoms with van der Waals surface area (Å²) in [5, 5.41) is 15.4. The zero-order chi connectivity index (χ0) is 26.3. The van der Waals surface area contributed by atoms with E-state index in [4.69, 9.17) is 14.8 Å². The molecule has 38 heavy (non-hydrogen) atoms. The van der Waals surface area contributed by atoms with Crippen molar-refractivity contribution in [2.75, 3.05) is 27.2 Å². The Bertz CT molecular complexity index is 1600. The predicted octanol–water partition coefficient (Wildman–Crippen LogP) is 2.58. The number of rotatable bonds is 4. The van der Waals surface area contributed by atoms with Gasteiger partial charge in [-0.3, -0.25) is 9.69 Å².